The Bertz CT molecular complexity index is 514. The van der Waals surface area contributed by atoms with Gasteiger partial charge in [-0.25, -0.2) is 0 Å². The van der Waals surface area contributed by atoms with Crippen molar-refractivity contribution >= 4 is 31.9 Å². The highest BCUT2D eigenvalue weighted by Crippen LogP contribution is 2.24. The van der Waals surface area contributed by atoms with Gasteiger partial charge in [0.25, 0.3) is 0 Å². The fourth-order valence-electron chi connectivity index (χ4n) is 1.92. The van der Waals surface area contributed by atoms with Crippen LogP contribution in [0.2, 0.25) is 0 Å². The van der Waals surface area contributed by atoms with Gasteiger partial charge in [0.2, 0.25) is 0 Å². The fourth-order valence-corrected chi connectivity index (χ4v) is 2.81. The van der Waals surface area contributed by atoms with E-state index in [1.54, 1.807) is 0 Å². The van der Waals surface area contributed by atoms with Crippen molar-refractivity contribution in [3.63, 3.8) is 0 Å². The number of aryl methyl sites for hydroxylation is 1. The first-order chi connectivity index (χ1) is 8.54. The summed E-state index contributed by atoms with van der Waals surface area (Å²) in [5.74, 6) is 0. The molecule has 1 N–H and O–H groups in total. The molecule has 0 aliphatic heterocycles. The fraction of sp³-hybridized carbons (Fsp3) is 0.200. The summed E-state index contributed by atoms with van der Waals surface area (Å²) in [6, 6.07) is 14.1. The molecular weight excluding hydrogens is 356 g/mol. The Hall–Kier alpha value is -0.640. The van der Waals surface area contributed by atoms with Crippen molar-refractivity contribution < 1.29 is 5.11 Å². The molecule has 0 aromatic heterocycles. The molecule has 0 bridgehead atoms. The van der Waals surface area contributed by atoms with Crippen LogP contribution in [0.15, 0.2) is 51.4 Å². The van der Waals surface area contributed by atoms with Gasteiger partial charge < -0.3 is 5.11 Å². The molecule has 1 atom stereocenters. The molecule has 3 heteroatoms. The van der Waals surface area contributed by atoms with Gasteiger partial charge in [-0.05, 0) is 47.9 Å². The quantitative estimate of drug-likeness (QED) is 0.824. The van der Waals surface area contributed by atoms with Gasteiger partial charge in [-0.2, -0.15) is 0 Å². The average Bonchev–Trinajstić information content (AvgIpc) is 2.31. The van der Waals surface area contributed by atoms with Crippen molar-refractivity contribution in [3.8, 4) is 0 Å². The Morgan fingerprint density at radius 3 is 2.28 bits per heavy atom. The maximum atomic E-state index is 10.3. The van der Waals surface area contributed by atoms with Crippen LogP contribution >= 0.6 is 31.9 Å². The van der Waals surface area contributed by atoms with Gasteiger partial charge in [-0.3, -0.25) is 0 Å². The second kappa shape index (κ2) is 6.00. The van der Waals surface area contributed by atoms with Gasteiger partial charge in [0.1, 0.15) is 0 Å². The molecule has 0 aliphatic rings. The first-order valence-electron chi connectivity index (χ1n) is 5.74. The predicted octanol–water partition coefficient (Wildman–Crippen LogP) is 4.80. The molecule has 2 aromatic rings. The van der Waals surface area contributed by atoms with Crippen LogP contribution in [0.25, 0.3) is 0 Å². The van der Waals surface area contributed by atoms with Gasteiger partial charge >= 0.3 is 0 Å². The molecule has 94 valence electrons. The maximum absolute atomic E-state index is 10.3. The Kier molecular flexibility index (Phi) is 4.60. The summed E-state index contributed by atoms with van der Waals surface area (Å²) in [6.45, 7) is 2.03. The van der Waals surface area contributed by atoms with Crippen molar-refractivity contribution in [3.05, 3.63) is 68.1 Å². The number of aliphatic hydroxyl groups excluding tert-OH is 1. The highest BCUT2D eigenvalue weighted by atomic mass is 79.9. The molecule has 0 heterocycles. The van der Waals surface area contributed by atoms with Crippen LogP contribution in [0, 0.1) is 6.92 Å². The summed E-state index contributed by atoms with van der Waals surface area (Å²) in [5, 5.41) is 10.3. The largest absolute Gasteiger partial charge is 0.388 e. The highest BCUT2D eigenvalue weighted by molar-refractivity contribution is 9.10. The van der Waals surface area contributed by atoms with Crippen LogP contribution in [0.5, 0.6) is 0 Å². The lowest BCUT2D eigenvalue weighted by Crippen LogP contribution is -2.02. The van der Waals surface area contributed by atoms with E-state index >= 15 is 0 Å². The molecule has 18 heavy (non-hydrogen) atoms. The Labute approximate surface area is 124 Å². The van der Waals surface area contributed by atoms with E-state index in [9.17, 15) is 5.11 Å². The Balaban J connectivity index is 2.16. The van der Waals surface area contributed by atoms with Crippen LogP contribution in [-0.4, -0.2) is 5.11 Å². The van der Waals surface area contributed by atoms with Gasteiger partial charge in [-0.1, -0.05) is 50.1 Å². The summed E-state index contributed by atoms with van der Waals surface area (Å²) >= 11 is 6.87. The van der Waals surface area contributed by atoms with E-state index in [-0.39, 0.29) is 0 Å². The van der Waals surface area contributed by atoms with E-state index in [1.807, 2.05) is 49.4 Å². The monoisotopic (exact) mass is 368 g/mol. The number of hydrogen-bond acceptors (Lipinski definition) is 1. The third kappa shape index (κ3) is 3.67. The predicted molar refractivity (Wildman–Crippen MR) is 81.7 cm³/mol. The summed E-state index contributed by atoms with van der Waals surface area (Å²) < 4.78 is 2.06. The van der Waals surface area contributed by atoms with Crippen LogP contribution < -0.4 is 0 Å². The second-order valence-corrected chi connectivity index (χ2v) is 6.24. The highest BCUT2D eigenvalue weighted by Gasteiger charge is 2.09. The normalized spacial score (nSPS) is 12.4. The van der Waals surface area contributed by atoms with Crippen molar-refractivity contribution in [2.45, 2.75) is 19.4 Å². The average molecular weight is 370 g/mol. The van der Waals surface area contributed by atoms with Gasteiger partial charge in [0.05, 0.1) is 6.10 Å². The molecule has 0 radical (unpaired) electrons. The topological polar surface area (TPSA) is 20.2 Å². The lowest BCUT2D eigenvalue weighted by atomic mass is 10.0. The van der Waals surface area contributed by atoms with Crippen molar-refractivity contribution in [2.24, 2.45) is 0 Å². The Morgan fingerprint density at radius 2 is 1.67 bits per heavy atom. The SMILES string of the molecule is Cc1cc(Br)cc(C(O)Cc2ccc(Br)cc2)c1. The van der Waals surface area contributed by atoms with E-state index < -0.39 is 6.10 Å². The lowest BCUT2D eigenvalue weighted by molar-refractivity contribution is 0.178. The molecule has 0 amide bonds. The number of benzene rings is 2. The standard InChI is InChI=1S/C15H14Br2O/c1-10-6-12(9-14(17)7-10)15(18)8-11-2-4-13(16)5-3-11/h2-7,9,15,18H,8H2,1H3. The zero-order valence-corrected chi connectivity index (χ0v) is 13.2. The minimum atomic E-state index is -0.470. The van der Waals surface area contributed by atoms with E-state index in [4.69, 9.17) is 0 Å². The first kappa shape index (κ1) is 13.8. The maximum Gasteiger partial charge on any atom is 0.0830 e. The summed E-state index contributed by atoms with van der Waals surface area (Å²) in [4.78, 5) is 0. The van der Waals surface area contributed by atoms with Crippen molar-refractivity contribution in [1.82, 2.24) is 0 Å². The van der Waals surface area contributed by atoms with E-state index in [0.717, 1.165) is 25.6 Å². The number of hydrogen-bond donors (Lipinski definition) is 1. The van der Waals surface area contributed by atoms with Gasteiger partial charge in [0.15, 0.2) is 0 Å². The van der Waals surface area contributed by atoms with Crippen molar-refractivity contribution in [1.29, 1.82) is 0 Å². The van der Waals surface area contributed by atoms with E-state index in [1.165, 1.54) is 0 Å². The molecule has 2 aromatic carbocycles. The summed E-state index contributed by atoms with van der Waals surface area (Å²) in [7, 11) is 0. The van der Waals surface area contributed by atoms with E-state index in [0.29, 0.717) is 6.42 Å². The minimum Gasteiger partial charge on any atom is -0.388 e. The molecule has 0 aliphatic carbocycles. The molecule has 1 unspecified atom stereocenters. The molecule has 0 saturated heterocycles. The van der Waals surface area contributed by atoms with Gasteiger partial charge in [-0.15, -0.1) is 0 Å². The van der Waals surface area contributed by atoms with Crippen molar-refractivity contribution in [2.75, 3.05) is 0 Å². The molecule has 2 rings (SSSR count). The summed E-state index contributed by atoms with van der Waals surface area (Å²) in [6.07, 6.45) is 0.158. The molecule has 0 spiro atoms. The Morgan fingerprint density at radius 1 is 1.00 bits per heavy atom. The van der Waals surface area contributed by atoms with E-state index in [2.05, 4.69) is 31.9 Å². The third-order valence-corrected chi connectivity index (χ3v) is 3.78. The number of aliphatic hydroxyl groups is 1. The van der Waals surface area contributed by atoms with Crippen LogP contribution in [-0.2, 0) is 6.42 Å². The molecule has 1 nitrogen and oxygen atoms in total. The lowest BCUT2D eigenvalue weighted by Gasteiger charge is -2.12. The first-order valence-corrected chi connectivity index (χ1v) is 7.33. The molecule has 0 saturated carbocycles. The second-order valence-electron chi connectivity index (χ2n) is 4.41. The van der Waals surface area contributed by atoms with Gasteiger partial charge in [0, 0.05) is 15.4 Å². The van der Waals surface area contributed by atoms with Crippen LogP contribution in [0.3, 0.4) is 0 Å². The van der Waals surface area contributed by atoms with Crippen LogP contribution in [0.1, 0.15) is 22.8 Å². The minimum absolute atomic E-state index is 0.470. The smallest absolute Gasteiger partial charge is 0.0830 e. The third-order valence-electron chi connectivity index (χ3n) is 2.79. The summed E-state index contributed by atoms with van der Waals surface area (Å²) in [5.41, 5.74) is 3.22. The number of halogens is 2. The molecule has 0 fully saturated rings. The number of rotatable bonds is 3. The zero-order valence-electron chi connectivity index (χ0n) is 10.0. The zero-order chi connectivity index (χ0) is 13.1. The van der Waals surface area contributed by atoms with Crippen LogP contribution in [0.4, 0.5) is 0 Å². The molecular formula is C15H14Br2O.